The number of benzene rings is 2. The van der Waals surface area contributed by atoms with Crippen molar-refractivity contribution in [3.05, 3.63) is 60.3 Å². The minimum Gasteiger partial charge on any atom is -0.494 e. The molecule has 27 heavy (non-hydrogen) atoms. The maximum Gasteiger partial charge on any atom is 0.261 e. The van der Waals surface area contributed by atoms with Crippen LogP contribution in [0.2, 0.25) is 0 Å². The van der Waals surface area contributed by atoms with Crippen LogP contribution in [0.1, 0.15) is 38.7 Å². The molecule has 0 bridgehead atoms. The lowest BCUT2D eigenvalue weighted by Crippen LogP contribution is -2.14. The number of sulfonamides is 1. The largest absolute Gasteiger partial charge is 0.494 e. The fourth-order valence-electron chi connectivity index (χ4n) is 2.93. The number of fused-ring (bicyclic) bond motifs is 1. The SMILES string of the molecule is CCOc1ccc(S(=O)(=O)Nc2cnc3ccccc3c2)cc1[C@H](C)CC. The van der Waals surface area contributed by atoms with Gasteiger partial charge in [-0.15, -0.1) is 0 Å². The molecule has 1 heterocycles. The Morgan fingerprint density at radius 1 is 1.11 bits per heavy atom. The van der Waals surface area contributed by atoms with Crippen LogP contribution in [-0.4, -0.2) is 20.0 Å². The number of pyridine rings is 1. The zero-order valence-electron chi connectivity index (χ0n) is 15.8. The van der Waals surface area contributed by atoms with Gasteiger partial charge in [0.1, 0.15) is 5.75 Å². The number of hydrogen-bond acceptors (Lipinski definition) is 4. The van der Waals surface area contributed by atoms with Gasteiger partial charge in [0.25, 0.3) is 10.0 Å². The minimum absolute atomic E-state index is 0.198. The monoisotopic (exact) mass is 384 g/mol. The van der Waals surface area contributed by atoms with Crippen molar-refractivity contribution in [3.8, 4) is 5.75 Å². The van der Waals surface area contributed by atoms with E-state index in [0.717, 1.165) is 28.6 Å². The lowest BCUT2D eigenvalue weighted by atomic mass is 9.98. The maximum atomic E-state index is 12.9. The Morgan fingerprint density at radius 3 is 2.63 bits per heavy atom. The summed E-state index contributed by atoms with van der Waals surface area (Å²) in [6.45, 7) is 6.59. The third-order valence-corrected chi connectivity index (χ3v) is 5.96. The first kappa shape index (κ1) is 19.2. The first-order chi connectivity index (χ1) is 12.9. The third-order valence-electron chi connectivity index (χ3n) is 4.58. The number of ether oxygens (including phenoxy) is 1. The molecule has 0 radical (unpaired) electrons. The molecular formula is C21H24N2O3S. The van der Waals surface area contributed by atoms with E-state index in [-0.39, 0.29) is 10.8 Å². The van der Waals surface area contributed by atoms with Gasteiger partial charge < -0.3 is 4.74 Å². The maximum absolute atomic E-state index is 12.9. The topological polar surface area (TPSA) is 68.3 Å². The normalized spacial score (nSPS) is 12.7. The highest BCUT2D eigenvalue weighted by Gasteiger charge is 2.19. The molecule has 1 N–H and O–H groups in total. The Morgan fingerprint density at radius 2 is 1.89 bits per heavy atom. The van der Waals surface area contributed by atoms with Gasteiger partial charge in [-0.2, -0.15) is 0 Å². The lowest BCUT2D eigenvalue weighted by molar-refractivity contribution is 0.334. The van der Waals surface area contributed by atoms with Crippen LogP contribution in [0.25, 0.3) is 10.9 Å². The summed E-state index contributed by atoms with van der Waals surface area (Å²) >= 11 is 0. The number of nitrogens with zero attached hydrogens (tertiary/aromatic N) is 1. The Labute approximate surface area is 160 Å². The van der Waals surface area contributed by atoms with Gasteiger partial charge >= 0.3 is 0 Å². The number of aromatic nitrogens is 1. The molecule has 0 saturated carbocycles. The zero-order chi connectivity index (χ0) is 19.4. The first-order valence-corrected chi connectivity index (χ1v) is 10.6. The van der Waals surface area contributed by atoms with E-state index in [9.17, 15) is 8.42 Å². The van der Waals surface area contributed by atoms with Crippen LogP contribution in [0.3, 0.4) is 0 Å². The highest BCUT2D eigenvalue weighted by molar-refractivity contribution is 7.92. The average molecular weight is 385 g/mol. The molecule has 1 aromatic heterocycles. The number of rotatable bonds is 7. The van der Waals surface area contributed by atoms with Crippen LogP contribution < -0.4 is 9.46 Å². The highest BCUT2D eigenvalue weighted by Crippen LogP contribution is 2.32. The van der Waals surface area contributed by atoms with E-state index < -0.39 is 10.0 Å². The second-order valence-electron chi connectivity index (χ2n) is 6.46. The summed E-state index contributed by atoms with van der Waals surface area (Å²) in [6.07, 6.45) is 2.43. The number of para-hydroxylation sites is 1. The van der Waals surface area contributed by atoms with Crippen LogP contribution in [0.15, 0.2) is 59.6 Å². The predicted octanol–water partition coefficient (Wildman–Crippen LogP) is 4.95. The molecule has 0 amide bonds. The van der Waals surface area contributed by atoms with E-state index >= 15 is 0 Å². The number of hydrogen-bond donors (Lipinski definition) is 1. The molecule has 0 saturated heterocycles. The quantitative estimate of drug-likeness (QED) is 0.626. The third kappa shape index (κ3) is 4.22. The Balaban J connectivity index is 1.95. The Kier molecular flexibility index (Phi) is 5.65. The summed E-state index contributed by atoms with van der Waals surface area (Å²) in [4.78, 5) is 4.53. The van der Waals surface area contributed by atoms with E-state index in [1.54, 1.807) is 24.3 Å². The highest BCUT2D eigenvalue weighted by atomic mass is 32.2. The first-order valence-electron chi connectivity index (χ1n) is 9.09. The smallest absolute Gasteiger partial charge is 0.261 e. The summed E-state index contributed by atoms with van der Waals surface area (Å²) in [5.74, 6) is 0.933. The van der Waals surface area contributed by atoms with E-state index in [1.807, 2.05) is 31.2 Å². The Bertz CT molecular complexity index is 1050. The molecule has 0 fully saturated rings. The van der Waals surface area contributed by atoms with Crippen molar-refractivity contribution in [2.45, 2.75) is 38.0 Å². The predicted molar refractivity (Wildman–Crippen MR) is 109 cm³/mol. The van der Waals surface area contributed by atoms with Crippen molar-refractivity contribution in [1.82, 2.24) is 4.98 Å². The summed E-state index contributed by atoms with van der Waals surface area (Å²) in [7, 11) is -3.72. The van der Waals surface area contributed by atoms with Gasteiger partial charge in [-0.25, -0.2) is 8.42 Å². The molecule has 5 nitrogen and oxygen atoms in total. The van der Waals surface area contributed by atoms with Gasteiger partial charge in [0.15, 0.2) is 0 Å². The molecule has 1 atom stereocenters. The molecule has 0 aliphatic carbocycles. The van der Waals surface area contributed by atoms with Crippen molar-refractivity contribution >= 4 is 26.6 Å². The van der Waals surface area contributed by atoms with Gasteiger partial charge in [0, 0.05) is 5.39 Å². The fraction of sp³-hybridized carbons (Fsp3) is 0.286. The summed E-state index contributed by atoms with van der Waals surface area (Å²) in [6, 6.07) is 14.4. The average Bonchev–Trinajstić information content (AvgIpc) is 2.67. The molecule has 3 rings (SSSR count). The Hall–Kier alpha value is -2.60. The van der Waals surface area contributed by atoms with Crippen molar-refractivity contribution < 1.29 is 13.2 Å². The van der Waals surface area contributed by atoms with Gasteiger partial charge in [-0.05, 0) is 55.2 Å². The summed E-state index contributed by atoms with van der Waals surface area (Å²) in [5, 5.41) is 0.879. The van der Waals surface area contributed by atoms with Gasteiger partial charge in [-0.3, -0.25) is 9.71 Å². The molecule has 6 heteroatoms. The molecule has 3 aromatic rings. The van der Waals surface area contributed by atoms with E-state index in [0.29, 0.717) is 12.3 Å². The molecule has 0 spiro atoms. The molecule has 0 unspecified atom stereocenters. The van der Waals surface area contributed by atoms with E-state index in [4.69, 9.17) is 4.74 Å². The van der Waals surface area contributed by atoms with Crippen molar-refractivity contribution in [2.75, 3.05) is 11.3 Å². The number of anilines is 1. The second kappa shape index (κ2) is 7.96. The van der Waals surface area contributed by atoms with Crippen LogP contribution in [0, 0.1) is 0 Å². The van der Waals surface area contributed by atoms with Gasteiger partial charge in [-0.1, -0.05) is 32.0 Å². The van der Waals surface area contributed by atoms with Crippen LogP contribution >= 0.6 is 0 Å². The second-order valence-corrected chi connectivity index (χ2v) is 8.15. The molecule has 2 aromatic carbocycles. The zero-order valence-corrected chi connectivity index (χ0v) is 16.6. The van der Waals surface area contributed by atoms with Crippen molar-refractivity contribution in [3.63, 3.8) is 0 Å². The van der Waals surface area contributed by atoms with Gasteiger partial charge in [0.2, 0.25) is 0 Å². The molecule has 0 aliphatic heterocycles. The van der Waals surface area contributed by atoms with E-state index in [2.05, 4.69) is 23.6 Å². The summed E-state index contributed by atoms with van der Waals surface area (Å²) in [5.41, 5.74) is 2.16. The molecule has 142 valence electrons. The molecular weight excluding hydrogens is 360 g/mol. The number of nitrogens with one attached hydrogen (secondary N) is 1. The van der Waals surface area contributed by atoms with Crippen molar-refractivity contribution in [1.29, 1.82) is 0 Å². The van der Waals surface area contributed by atoms with Crippen molar-refractivity contribution in [2.24, 2.45) is 0 Å². The van der Waals surface area contributed by atoms with Crippen LogP contribution in [0.4, 0.5) is 5.69 Å². The minimum atomic E-state index is -3.72. The van der Waals surface area contributed by atoms with Crippen LogP contribution in [-0.2, 0) is 10.0 Å². The fourth-order valence-corrected chi connectivity index (χ4v) is 4.00. The standard InChI is InChI=1S/C21H24N2O3S/c1-4-15(3)19-13-18(10-11-21(19)26-5-2)27(24,25)23-17-12-16-8-6-7-9-20(16)22-14-17/h6-15,23H,4-5H2,1-3H3/t15-/m1/s1. The molecule has 0 aliphatic rings. The van der Waals surface area contributed by atoms with E-state index in [1.165, 1.54) is 6.20 Å². The lowest BCUT2D eigenvalue weighted by Gasteiger charge is -2.17. The summed E-state index contributed by atoms with van der Waals surface area (Å²) < 4.78 is 34.1. The van der Waals surface area contributed by atoms with Crippen LogP contribution in [0.5, 0.6) is 5.75 Å². The van der Waals surface area contributed by atoms with Gasteiger partial charge in [0.05, 0.1) is 28.9 Å².